The lowest BCUT2D eigenvalue weighted by atomic mass is 10.0. The van der Waals surface area contributed by atoms with Gasteiger partial charge < -0.3 is 10.2 Å². The van der Waals surface area contributed by atoms with Gasteiger partial charge in [-0.2, -0.15) is 0 Å². The van der Waals surface area contributed by atoms with Crippen LogP contribution in [0.4, 0.5) is 5.69 Å². The topological polar surface area (TPSA) is 86.8 Å². The Morgan fingerprint density at radius 2 is 1.58 bits per heavy atom. The van der Waals surface area contributed by atoms with Gasteiger partial charge in [0.05, 0.1) is 11.9 Å². The summed E-state index contributed by atoms with van der Waals surface area (Å²) in [6.07, 6.45) is 1.51. The minimum absolute atomic E-state index is 0.0692. The maximum atomic E-state index is 13.6. The SMILES string of the molecule is CCNC(=O)[C@@H](CC)N(Cc1ccccc1)C(=O)CN(c1ccccc1C(C)C)S(C)(=O)=O. The first-order valence-electron chi connectivity index (χ1n) is 11.3. The number of carbonyl (C=O) groups excluding carboxylic acids is 2. The first-order valence-corrected chi connectivity index (χ1v) is 13.1. The Morgan fingerprint density at radius 3 is 2.12 bits per heavy atom. The van der Waals surface area contributed by atoms with Crippen molar-refractivity contribution >= 4 is 27.5 Å². The summed E-state index contributed by atoms with van der Waals surface area (Å²) < 4.78 is 26.7. The second-order valence-electron chi connectivity index (χ2n) is 8.31. The molecule has 180 valence electrons. The number of nitrogens with zero attached hydrogens (tertiary/aromatic N) is 2. The van der Waals surface area contributed by atoms with Gasteiger partial charge >= 0.3 is 0 Å². The average molecular weight is 474 g/mol. The Balaban J connectivity index is 2.47. The number of amides is 2. The normalized spacial score (nSPS) is 12.3. The van der Waals surface area contributed by atoms with Gasteiger partial charge in [0.1, 0.15) is 12.6 Å². The Labute approximate surface area is 197 Å². The summed E-state index contributed by atoms with van der Waals surface area (Å²) in [4.78, 5) is 27.9. The molecule has 8 heteroatoms. The van der Waals surface area contributed by atoms with E-state index in [0.717, 1.165) is 21.7 Å². The smallest absolute Gasteiger partial charge is 0.244 e. The van der Waals surface area contributed by atoms with Crippen LogP contribution in [0.5, 0.6) is 0 Å². The molecule has 0 heterocycles. The molecule has 0 spiro atoms. The fourth-order valence-corrected chi connectivity index (χ4v) is 4.66. The third-order valence-corrected chi connectivity index (χ3v) is 6.57. The van der Waals surface area contributed by atoms with E-state index in [1.807, 2.05) is 70.2 Å². The third-order valence-electron chi connectivity index (χ3n) is 5.44. The molecule has 0 radical (unpaired) electrons. The lowest BCUT2D eigenvalue weighted by Gasteiger charge is -2.33. The number of sulfonamides is 1. The molecule has 1 atom stereocenters. The highest BCUT2D eigenvalue weighted by molar-refractivity contribution is 7.92. The number of anilines is 1. The lowest BCUT2D eigenvalue weighted by molar-refractivity contribution is -0.140. The van der Waals surface area contributed by atoms with Crippen molar-refractivity contribution in [3.63, 3.8) is 0 Å². The second kappa shape index (κ2) is 11.8. The van der Waals surface area contributed by atoms with Gasteiger partial charge in [-0.3, -0.25) is 13.9 Å². The maximum absolute atomic E-state index is 13.6. The van der Waals surface area contributed by atoms with Gasteiger partial charge in [0.2, 0.25) is 21.8 Å². The molecule has 1 N–H and O–H groups in total. The largest absolute Gasteiger partial charge is 0.355 e. The lowest BCUT2D eigenvalue weighted by Crippen LogP contribution is -2.52. The van der Waals surface area contributed by atoms with E-state index < -0.39 is 22.0 Å². The van der Waals surface area contributed by atoms with E-state index in [-0.39, 0.29) is 24.9 Å². The Hall–Kier alpha value is -2.87. The summed E-state index contributed by atoms with van der Waals surface area (Å²) in [7, 11) is -3.75. The van der Waals surface area contributed by atoms with E-state index in [1.54, 1.807) is 12.1 Å². The molecule has 2 aromatic rings. The third kappa shape index (κ3) is 7.05. The number of likely N-dealkylation sites (N-methyl/N-ethyl adjacent to an activating group) is 1. The fourth-order valence-electron chi connectivity index (χ4n) is 3.79. The molecule has 7 nitrogen and oxygen atoms in total. The Bertz CT molecular complexity index is 1040. The quantitative estimate of drug-likeness (QED) is 0.541. The van der Waals surface area contributed by atoms with Gasteiger partial charge in [-0.05, 0) is 36.5 Å². The predicted molar refractivity (Wildman–Crippen MR) is 132 cm³/mol. The number of nitrogens with one attached hydrogen (secondary N) is 1. The van der Waals surface area contributed by atoms with E-state index in [1.165, 1.54) is 4.90 Å². The Morgan fingerprint density at radius 1 is 0.970 bits per heavy atom. The molecule has 0 fully saturated rings. The zero-order valence-corrected chi connectivity index (χ0v) is 20.9. The Kier molecular flexibility index (Phi) is 9.46. The van der Waals surface area contributed by atoms with Crippen molar-refractivity contribution in [3.05, 3.63) is 65.7 Å². The van der Waals surface area contributed by atoms with Crippen molar-refractivity contribution in [2.75, 3.05) is 23.7 Å². The van der Waals surface area contributed by atoms with Gasteiger partial charge in [0.15, 0.2) is 0 Å². The predicted octanol–water partition coefficient (Wildman–Crippen LogP) is 3.52. The molecule has 0 aliphatic rings. The molecule has 2 rings (SSSR count). The zero-order valence-electron chi connectivity index (χ0n) is 20.1. The van der Waals surface area contributed by atoms with Crippen LogP contribution >= 0.6 is 0 Å². The van der Waals surface area contributed by atoms with Crippen molar-refractivity contribution < 1.29 is 18.0 Å². The number of carbonyl (C=O) groups is 2. The van der Waals surface area contributed by atoms with Crippen LogP contribution in [0.25, 0.3) is 0 Å². The molecule has 0 saturated carbocycles. The number of rotatable bonds is 11. The minimum Gasteiger partial charge on any atom is -0.355 e. The molecule has 33 heavy (non-hydrogen) atoms. The molecule has 2 amide bonds. The second-order valence-corrected chi connectivity index (χ2v) is 10.2. The molecule has 0 saturated heterocycles. The summed E-state index contributed by atoms with van der Waals surface area (Å²) in [6, 6.07) is 15.9. The summed E-state index contributed by atoms with van der Waals surface area (Å²) in [6.45, 7) is 7.88. The van der Waals surface area contributed by atoms with Gasteiger partial charge in [-0.15, -0.1) is 0 Å². The molecule has 0 aromatic heterocycles. The molecule has 0 bridgehead atoms. The number of para-hydroxylation sites is 1. The molecule has 0 aliphatic heterocycles. The van der Waals surface area contributed by atoms with Crippen LogP contribution in [0.1, 0.15) is 51.2 Å². The average Bonchev–Trinajstić information content (AvgIpc) is 2.77. The van der Waals surface area contributed by atoms with E-state index in [2.05, 4.69) is 5.32 Å². The molecule has 0 aliphatic carbocycles. The van der Waals surface area contributed by atoms with Crippen molar-refractivity contribution in [2.45, 2.75) is 52.6 Å². The van der Waals surface area contributed by atoms with Crippen LogP contribution in [0, 0.1) is 0 Å². The van der Waals surface area contributed by atoms with Crippen molar-refractivity contribution in [1.29, 1.82) is 0 Å². The first-order chi connectivity index (χ1) is 15.6. The van der Waals surface area contributed by atoms with Crippen molar-refractivity contribution in [2.24, 2.45) is 0 Å². The van der Waals surface area contributed by atoms with Gasteiger partial charge in [-0.25, -0.2) is 8.42 Å². The van der Waals surface area contributed by atoms with Crippen LogP contribution < -0.4 is 9.62 Å². The van der Waals surface area contributed by atoms with Gasteiger partial charge in [-0.1, -0.05) is 69.3 Å². The fraction of sp³-hybridized carbons (Fsp3) is 0.440. The van der Waals surface area contributed by atoms with E-state index >= 15 is 0 Å². The van der Waals surface area contributed by atoms with Crippen LogP contribution in [0.3, 0.4) is 0 Å². The molecular weight excluding hydrogens is 438 g/mol. The monoisotopic (exact) mass is 473 g/mol. The van der Waals surface area contributed by atoms with E-state index in [0.29, 0.717) is 18.7 Å². The number of benzene rings is 2. The van der Waals surface area contributed by atoms with Crippen LogP contribution in [-0.4, -0.2) is 50.5 Å². The summed E-state index contributed by atoms with van der Waals surface area (Å²) in [5.41, 5.74) is 2.18. The number of hydrogen-bond acceptors (Lipinski definition) is 4. The zero-order chi connectivity index (χ0) is 24.6. The highest BCUT2D eigenvalue weighted by Gasteiger charge is 2.32. The maximum Gasteiger partial charge on any atom is 0.244 e. The molecule has 0 unspecified atom stereocenters. The van der Waals surface area contributed by atoms with Crippen molar-refractivity contribution in [3.8, 4) is 0 Å². The van der Waals surface area contributed by atoms with E-state index in [4.69, 9.17) is 0 Å². The van der Waals surface area contributed by atoms with E-state index in [9.17, 15) is 18.0 Å². The standard InChI is InChI=1S/C25H35N3O4S/c1-6-22(25(30)26-7-2)27(17-20-13-9-8-10-14-20)24(29)18-28(33(5,31)32)23-16-12-11-15-21(23)19(3)4/h8-16,19,22H,6-7,17-18H2,1-5H3,(H,26,30)/t22-/m1/s1. The van der Waals surface area contributed by atoms with Crippen LogP contribution in [0.15, 0.2) is 54.6 Å². The van der Waals surface area contributed by atoms with Crippen LogP contribution in [0.2, 0.25) is 0 Å². The summed E-state index contributed by atoms with van der Waals surface area (Å²) in [5.74, 6) is -0.613. The highest BCUT2D eigenvalue weighted by atomic mass is 32.2. The number of hydrogen-bond donors (Lipinski definition) is 1. The summed E-state index contributed by atoms with van der Waals surface area (Å²) in [5, 5.41) is 2.79. The minimum atomic E-state index is -3.75. The van der Waals surface area contributed by atoms with Gasteiger partial charge in [0.25, 0.3) is 0 Å². The molecule has 2 aromatic carbocycles. The van der Waals surface area contributed by atoms with Gasteiger partial charge in [0, 0.05) is 13.1 Å². The summed E-state index contributed by atoms with van der Waals surface area (Å²) >= 11 is 0. The first kappa shape index (κ1) is 26.4. The highest BCUT2D eigenvalue weighted by Crippen LogP contribution is 2.29. The molecular formula is C25H35N3O4S. The van der Waals surface area contributed by atoms with Crippen molar-refractivity contribution in [1.82, 2.24) is 10.2 Å². The van der Waals surface area contributed by atoms with Crippen LogP contribution in [-0.2, 0) is 26.2 Å².